The Morgan fingerprint density at radius 2 is 0.646 bits per heavy atom. The SMILES string of the molecule is Nc1cccc(Oc2ccc(S(=O)(=O)c3ccc(Oc4cccc(N)c4)cc3)cc2)c1.Nc1cccc(S(=O)(=O)c2cccc(N)c2)c1. The van der Waals surface area contributed by atoms with Crippen LogP contribution in [0.4, 0.5) is 22.7 Å². The number of hydrogen-bond donors (Lipinski definition) is 4. The zero-order chi connectivity index (χ0) is 34.3. The van der Waals surface area contributed by atoms with Gasteiger partial charge in [-0.15, -0.1) is 0 Å². The highest BCUT2D eigenvalue weighted by Gasteiger charge is 2.19. The van der Waals surface area contributed by atoms with Gasteiger partial charge in [0.15, 0.2) is 0 Å². The van der Waals surface area contributed by atoms with Gasteiger partial charge < -0.3 is 32.4 Å². The second-order valence-corrected chi connectivity index (χ2v) is 14.3. The van der Waals surface area contributed by atoms with E-state index in [1.165, 1.54) is 48.5 Å². The molecule has 0 bridgehead atoms. The molecule has 6 rings (SSSR count). The van der Waals surface area contributed by atoms with Crippen LogP contribution >= 0.6 is 0 Å². The molecule has 6 aromatic rings. The third-order valence-corrected chi connectivity index (χ3v) is 10.3. The Balaban J connectivity index is 0.000000224. The van der Waals surface area contributed by atoms with Gasteiger partial charge in [0.1, 0.15) is 23.0 Å². The molecule has 244 valence electrons. The average molecular weight is 681 g/mol. The Labute approximate surface area is 279 Å². The van der Waals surface area contributed by atoms with Crippen LogP contribution in [0.15, 0.2) is 165 Å². The van der Waals surface area contributed by atoms with Gasteiger partial charge in [0.05, 0.1) is 19.6 Å². The van der Waals surface area contributed by atoms with Crippen molar-refractivity contribution in [3.8, 4) is 23.0 Å². The summed E-state index contributed by atoms with van der Waals surface area (Å²) in [7, 11) is -7.23. The van der Waals surface area contributed by atoms with Crippen LogP contribution in [0.25, 0.3) is 0 Å². The number of sulfone groups is 2. The fourth-order valence-corrected chi connectivity index (χ4v) is 7.07. The zero-order valence-electron chi connectivity index (χ0n) is 25.4. The van der Waals surface area contributed by atoms with Crippen LogP contribution in [0.2, 0.25) is 0 Å². The van der Waals surface area contributed by atoms with Crippen molar-refractivity contribution in [2.24, 2.45) is 0 Å². The highest BCUT2D eigenvalue weighted by Crippen LogP contribution is 2.29. The van der Waals surface area contributed by atoms with E-state index in [2.05, 4.69) is 0 Å². The molecule has 0 unspecified atom stereocenters. The van der Waals surface area contributed by atoms with Crippen LogP contribution in [-0.4, -0.2) is 16.8 Å². The highest BCUT2D eigenvalue weighted by molar-refractivity contribution is 7.91. The summed E-state index contributed by atoms with van der Waals surface area (Å²) < 4.78 is 61.8. The summed E-state index contributed by atoms with van der Waals surface area (Å²) in [5, 5.41) is 0. The second-order valence-electron chi connectivity index (χ2n) is 10.4. The molecule has 0 radical (unpaired) electrons. The molecule has 8 N–H and O–H groups in total. The van der Waals surface area contributed by atoms with E-state index < -0.39 is 19.7 Å². The fraction of sp³-hybridized carbons (Fsp3) is 0. The normalized spacial score (nSPS) is 11.2. The molecular weight excluding hydrogens is 649 g/mol. The average Bonchev–Trinajstić information content (AvgIpc) is 3.06. The molecule has 0 saturated carbocycles. The number of hydrogen-bond acceptors (Lipinski definition) is 10. The first-order chi connectivity index (χ1) is 22.9. The van der Waals surface area contributed by atoms with Gasteiger partial charge in [-0.1, -0.05) is 24.3 Å². The van der Waals surface area contributed by atoms with Crippen molar-refractivity contribution in [1.29, 1.82) is 0 Å². The summed E-state index contributed by atoms with van der Waals surface area (Å²) in [6.07, 6.45) is 0. The summed E-state index contributed by atoms with van der Waals surface area (Å²) in [4.78, 5) is 0.667. The number of benzene rings is 6. The Kier molecular flexibility index (Phi) is 9.88. The van der Waals surface area contributed by atoms with Gasteiger partial charge in [0.2, 0.25) is 19.7 Å². The van der Waals surface area contributed by atoms with E-state index >= 15 is 0 Å². The first-order valence-electron chi connectivity index (χ1n) is 14.4. The molecule has 0 aromatic heterocycles. The molecule has 0 aliphatic carbocycles. The van der Waals surface area contributed by atoms with Gasteiger partial charge >= 0.3 is 0 Å². The molecule has 12 heteroatoms. The predicted octanol–water partition coefficient (Wildman–Crippen LogP) is 6.95. The second kappa shape index (κ2) is 14.2. The minimum absolute atomic E-state index is 0.164. The molecule has 6 aromatic carbocycles. The van der Waals surface area contributed by atoms with E-state index in [1.807, 2.05) is 0 Å². The minimum Gasteiger partial charge on any atom is -0.457 e. The number of rotatable bonds is 8. The van der Waals surface area contributed by atoms with Crippen LogP contribution in [-0.2, 0) is 19.7 Å². The van der Waals surface area contributed by atoms with E-state index in [0.717, 1.165) is 0 Å². The standard InChI is InChI=1S/C24H20N2O4S.C12H12N2O2S/c25-17-3-1-5-21(15-17)29-19-7-11-23(12-8-19)31(27,28)24-13-9-20(10-14-24)30-22-6-2-4-18(26)16-22;13-9-3-1-5-11(7-9)17(15,16)12-6-2-4-10(14)8-12/h1-16H,25-26H2;1-8H,13-14H2. The summed E-state index contributed by atoms with van der Waals surface area (Å²) in [5.74, 6) is 2.17. The predicted molar refractivity (Wildman–Crippen MR) is 187 cm³/mol. The van der Waals surface area contributed by atoms with Crippen LogP contribution in [0, 0.1) is 0 Å². The molecular formula is C36H32N4O6S2. The van der Waals surface area contributed by atoms with E-state index in [4.69, 9.17) is 32.4 Å². The van der Waals surface area contributed by atoms with E-state index in [0.29, 0.717) is 45.7 Å². The largest absolute Gasteiger partial charge is 0.457 e. The quantitative estimate of drug-likeness (QED) is 0.122. The molecule has 0 saturated heterocycles. The Hall–Kier alpha value is -5.98. The van der Waals surface area contributed by atoms with Crippen LogP contribution < -0.4 is 32.4 Å². The van der Waals surface area contributed by atoms with Gasteiger partial charge in [0, 0.05) is 34.9 Å². The van der Waals surface area contributed by atoms with Crippen molar-refractivity contribution < 1.29 is 26.3 Å². The maximum atomic E-state index is 12.9. The lowest BCUT2D eigenvalue weighted by atomic mass is 10.3. The lowest BCUT2D eigenvalue weighted by Crippen LogP contribution is -2.03. The summed E-state index contributed by atoms with van der Waals surface area (Å²) in [5.41, 5.74) is 24.6. The maximum Gasteiger partial charge on any atom is 0.206 e. The fourth-order valence-electron chi connectivity index (χ4n) is 4.44. The van der Waals surface area contributed by atoms with E-state index in [9.17, 15) is 16.8 Å². The Morgan fingerprint density at radius 1 is 0.333 bits per heavy atom. The molecule has 0 atom stereocenters. The minimum atomic E-state index is -3.68. The first kappa shape index (κ1) is 33.4. The molecule has 0 aliphatic rings. The highest BCUT2D eigenvalue weighted by atomic mass is 32.2. The number of nitrogen functional groups attached to an aromatic ring is 4. The Bertz CT molecular complexity index is 2110. The third kappa shape index (κ3) is 8.23. The summed E-state index contributed by atoms with van der Waals surface area (Å²) in [6.45, 7) is 0. The van der Waals surface area contributed by atoms with Crippen molar-refractivity contribution >= 4 is 42.4 Å². The maximum absolute atomic E-state index is 12.9. The number of nitrogens with two attached hydrogens (primary N) is 4. The van der Waals surface area contributed by atoms with Crippen molar-refractivity contribution in [3.05, 3.63) is 146 Å². The van der Waals surface area contributed by atoms with Crippen molar-refractivity contribution in [2.75, 3.05) is 22.9 Å². The molecule has 10 nitrogen and oxygen atoms in total. The van der Waals surface area contributed by atoms with Gasteiger partial charge in [0.25, 0.3) is 0 Å². The zero-order valence-corrected chi connectivity index (χ0v) is 27.1. The van der Waals surface area contributed by atoms with Gasteiger partial charge in [-0.2, -0.15) is 0 Å². The van der Waals surface area contributed by atoms with Crippen LogP contribution in [0.1, 0.15) is 0 Å². The molecule has 48 heavy (non-hydrogen) atoms. The first-order valence-corrected chi connectivity index (χ1v) is 17.3. The van der Waals surface area contributed by atoms with Gasteiger partial charge in [-0.3, -0.25) is 0 Å². The van der Waals surface area contributed by atoms with Crippen molar-refractivity contribution in [1.82, 2.24) is 0 Å². The third-order valence-electron chi connectivity index (χ3n) is 6.79. The molecule has 0 aliphatic heterocycles. The van der Waals surface area contributed by atoms with Gasteiger partial charge in [-0.05, 0) is 109 Å². The molecule has 0 amide bonds. The van der Waals surface area contributed by atoms with E-state index in [-0.39, 0.29) is 19.6 Å². The summed E-state index contributed by atoms with van der Waals surface area (Å²) in [6, 6.07) is 38.8. The van der Waals surface area contributed by atoms with Crippen molar-refractivity contribution in [2.45, 2.75) is 19.6 Å². The van der Waals surface area contributed by atoms with Gasteiger partial charge in [-0.25, -0.2) is 16.8 Å². The lowest BCUT2D eigenvalue weighted by Gasteiger charge is -2.10. The Morgan fingerprint density at radius 3 is 0.979 bits per heavy atom. The number of ether oxygens (including phenoxy) is 2. The molecule has 0 heterocycles. The number of anilines is 4. The topological polar surface area (TPSA) is 191 Å². The van der Waals surface area contributed by atoms with Crippen LogP contribution in [0.3, 0.4) is 0 Å². The van der Waals surface area contributed by atoms with E-state index in [1.54, 1.807) is 97.1 Å². The lowest BCUT2D eigenvalue weighted by molar-refractivity contribution is 0.482. The summed E-state index contributed by atoms with van der Waals surface area (Å²) >= 11 is 0. The molecule has 0 fully saturated rings. The monoisotopic (exact) mass is 680 g/mol. The molecule has 0 spiro atoms. The van der Waals surface area contributed by atoms with Crippen LogP contribution in [0.5, 0.6) is 23.0 Å². The van der Waals surface area contributed by atoms with Crippen molar-refractivity contribution in [3.63, 3.8) is 0 Å². The smallest absolute Gasteiger partial charge is 0.206 e.